The number of fused-ring (bicyclic) bond motifs is 1. The molecule has 0 radical (unpaired) electrons. The molecule has 1 aromatic carbocycles. The van der Waals surface area contributed by atoms with Gasteiger partial charge in [0, 0.05) is 36.2 Å². The quantitative estimate of drug-likeness (QED) is 0.164. The number of pyridine rings is 1. The number of rotatable bonds is 8. The molecule has 0 amide bonds. The van der Waals surface area contributed by atoms with Crippen LogP contribution in [0.2, 0.25) is 5.15 Å². The number of alkyl halides is 3. The number of benzene rings is 1. The highest BCUT2D eigenvalue weighted by atomic mass is 35.5. The molecule has 0 spiro atoms. The molecule has 10 nitrogen and oxygen atoms in total. The molecule has 3 aromatic heterocycles. The van der Waals surface area contributed by atoms with Crippen molar-refractivity contribution in [1.82, 2.24) is 19.5 Å². The lowest BCUT2D eigenvalue weighted by Crippen LogP contribution is -2.52. The SMILES string of the molecule is COc1c(C)cnc(Cn2cc(C#C[C@](C)(O)COC(=O)C(OC)(c3ccccc3)C(F)(F)F)c3c(Cl)nc(N)nc32)c1C. The Balaban J connectivity index is 1.67. The van der Waals surface area contributed by atoms with E-state index in [9.17, 15) is 23.1 Å². The number of carbonyl (C=O) groups is 1. The van der Waals surface area contributed by atoms with Crippen LogP contribution in [0.25, 0.3) is 11.0 Å². The van der Waals surface area contributed by atoms with Gasteiger partial charge in [-0.2, -0.15) is 18.2 Å². The van der Waals surface area contributed by atoms with Crippen molar-refractivity contribution < 1.29 is 37.3 Å². The van der Waals surface area contributed by atoms with Crippen molar-refractivity contribution >= 4 is 34.6 Å². The van der Waals surface area contributed by atoms with Crippen molar-refractivity contribution in [2.75, 3.05) is 26.6 Å². The Kier molecular flexibility index (Phi) is 9.11. The van der Waals surface area contributed by atoms with Crippen LogP contribution in [0, 0.1) is 25.7 Å². The van der Waals surface area contributed by atoms with E-state index in [4.69, 9.17) is 31.5 Å². The number of ether oxygens (including phenoxy) is 3. The van der Waals surface area contributed by atoms with Crippen LogP contribution in [0.4, 0.5) is 19.1 Å². The summed E-state index contributed by atoms with van der Waals surface area (Å²) < 4.78 is 59.5. The van der Waals surface area contributed by atoms with Gasteiger partial charge >= 0.3 is 12.1 Å². The van der Waals surface area contributed by atoms with Gasteiger partial charge in [0.05, 0.1) is 30.3 Å². The lowest BCUT2D eigenvalue weighted by molar-refractivity contribution is -0.277. The molecule has 14 heteroatoms. The molecular formula is C30H29ClF3N5O5. The third-order valence-corrected chi connectivity index (χ3v) is 7.16. The summed E-state index contributed by atoms with van der Waals surface area (Å²) in [5.74, 6) is 4.13. The van der Waals surface area contributed by atoms with E-state index in [1.807, 2.05) is 13.8 Å². The van der Waals surface area contributed by atoms with Crippen LogP contribution in [-0.4, -0.2) is 63.2 Å². The lowest BCUT2D eigenvalue weighted by Gasteiger charge is -2.33. The minimum absolute atomic E-state index is 0.00861. The van der Waals surface area contributed by atoms with E-state index in [-0.39, 0.29) is 23.2 Å². The van der Waals surface area contributed by atoms with Gasteiger partial charge in [-0.1, -0.05) is 53.8 Å². The van der Waals surface area contributed by atoms with E-state index in [2.05, 4.69) is 26.8 Å². The number of carbonyl (C=O) groups excluding carboxylic acids is 1. The Labute approximate surface area is 255 Å². The number of aryl methyl sites for hydroxylation is 1. The highest BCUT2D eigenvalue weighted by molar-refractivity contribution is 6.34. The molecule has 1 unspecified atom stereocenters. The molecule has 0 bridgehead atoms. The maximum Gasteiger partial charge on any atom is 0.432 e. The fourth-order valence-electron chi connectivity index (χ4n) is 4.70. The van der Waals surface area contributed by atoms with Crippen molar-refractivity contribution in [3.05, 3.63) is 75.8 Å². The fourth-order valence-corrected chi connectivity index (χ4v) is 4.97. The number of aromatic nitrogens is 4. The number of hydrogen-bond acceptors (Lipinski definition) is 9. The van der Waals surface area contributed by atoms with Crippen LogP contribution < -0.4 is 10.5 Å². The van der Waals surface area contributed by atoms with Crippen LogP contribution >= 0.6 is 11.6 Å². The molecule has 3 heterocycles. The molecule has 3 N–H and O–H groups in total. The molecule has 232 valence electrons. The van der Waals surface area contributed by atoms with Crippen molar-refractivity contribution in [3.63, 3.8) is 0 Å². The Morgan fingerprint density at radius 3 is 2.45 bits per heavy atom. The van der Waals surface area contributed by atoms with Gasteiger partial charge in [0.25, 0.3) is 5.60 Å². The summed E-state index contributed by atoms with van der Waals surface area (Å²) in [6.07, 6.45) is -1.90. The van der Waals surface area contributed by atoms with E-state index in [0.717, 1.165) is 30.4 Å². The molecule has 0 aliphatic rings. The number of nitrogens with two attached hydrogens (primary N) is 1. The average Bonchev–Trinajstić information content (AvgIpc) is 3.30. The first-order valence-corrected chi connectivity index (χ1v) is 13.4. The largest absolute Gasteiger partial charge is 0.496 e. The van der Waals surface area contributed by atoms with Crippen molar-refractivity contribution in [2.24, 2.45) is 0 Å². The molecule has 0 saturated carbocycles. The summed E-state index contributed by atoms with van der Waals surface area (Å²) in [5.41, 5.74) is 2.80. The predicted octanol–water partition coefficient (Wildman–Crippen LogP) is 4.49. The fraction of sp³-hybridized carbons (Fsp3) is 0.333. The van der Waals surface area contributed by atoms with Crippen LogP contribution in [0.5, 0.6) is 5.75 Å². The molecule has 4 rings (SSSR count). The predicted molar refractivity (Wildman–Crippen MR) is 156 cm³/mol. The van der Waals surface area contributed by atoms with Crippen LogP contribution in [0.1, 0.15) is 34.9 Å². The van der Waals surface area contributed by atoms with E-state index in [1.165, 1.54) is 25.1 Å². The third-order valence-electron chi connectivity index (χ3n) is 6.88. The molecule has 44 heavy (non-hydrogen) atoms. The zero-order valence-corrected chi connectivity index (χ0v) is 25.2. The summed E-state index contributed by atoms with van der Waals surface area (Å²) >= 11 is 6.40. The second-order valence-electron chi connectivity index (χ2n) is 10.1. The Bertz CT molecular complexity index is 1770. The number of hydrogen-bond donors (Lipinski definition) is 2. The standard InChI is InChI=1S/C30H29ClF3N5O5/c1-17-13-36-21(18(2)23(17)42-4)15-39-14-19(22-24(31)37-27(35)38-25(22)39)11-12-28(3,41)16-44-26(40)29(43-5,30(32,33)34)20-9-7-6-8-10-20/h6-10,13-14,41H,15-16H2,1-5H3,(H2,35,37,38)/t28-,29?/m0/s1. The zero-order valence-electron chi connectivity index (χ0n) is 24.4. The second kappa shape index (κ2) is 12.3. The van der Waals surface area contributed by atoms with Gasteiger partial charge in [0.2, 0.25) is 5.95 Å². The minimum atomic E-state index is -5.17. The summed E-state index contributed by atoms with van der Waals surface area (Å²) in [6, 6.07) is 6.33. The molecule has 0 aliphatic heterocycles. The Hall–Kier alpha value is -4.38. The van der Waals surface area contributed by atoms with Crippen molar-refractivity contribution in [2.45, 2.75) is 44.7 Å². The van der Waals surface area contributed by atoms with Gasteiger partial charge in [-0.3, -0.25) is 4.98 Å². The van der Waals surface area contributed by atoms with Gasteiger partial charge in [0.15, 0.2) is 5.60 Å². The monoisotopic (exact) mass is 631 g/mol. The first kappa shape index (κ1) is 32.5. The van der Waals surface area contributed by atoms with Crippen LogP contribution in [0.15, 0.2) is 42.7 Å². The van der Waals surface area contributed by atoms with E-state index in [1.54, 1.807) is 24.1 Å². The zero-order chi connectivity index (χ0) is 32.4. The van der Waals surface area contributed by atoms with Gasteiger partial charge in [-0.05, 0) is 20.8 Å². The normalized spacial score (nSPS) is 14.3. The van der Waals surface area contributed by atoms with Crippen molar-refractivity contribution in [1.29, 1.82) is 0 Å². The number of halogens is 4. The minimum Gasteiger partial charge on any atom is -0.496 e. The second-order valence-corrected chi connectivity index (χ2v) is 10.5. The third kappa shape index (κ3) is 6.14. The van der Waals surface area contributed by atoms with Gasteiger partial charge in [0.1, 0.15) is 23.2 Å². The van der Waals surface area contributed by atoms with E-state index < -0.39 is 35.5 Å². The van der Waals surface area contributed by atoms with Crippen LogP contribution in [-0.2, 0) is 26.4 Å². The first-order valence-electron chi connectivity index (χ1n) is 13.1. The summed E-state index contributed by atoms with van der Waals surface area (Å²) in [6.45, 7) is 4.23. The number of anilines is 1. The first-order chi connectivity index (χ1) is 20.6. The topological polar surface area (TPSA) is 135 Å². The van der Waals surface area contributed by atoms with E-state index >= 15 is 0 Å². The van der Waals surface area contributed by atoms with Crippen LogP contribution in [0.3, 0.4) is 0 Å². The summed E-state index contributed by atoms with van der Waals surface area (Å²) in [5, 5.41) is 11.2. The summed E-state index contributed by atoms with van der Waals surface area (Å²) in [4.78, 5) is 25.7. The number of methoxy groups -OCH3 is 2. The molecule has 0 fully saturated rings. The number of aliphatic hydroxyl groups is 1. The Morgan fingerprint density at radius 2 is 1.84 bits per heavy atom. The highest BCUT2D eigenvalue weighted by Crippen LogP contribution is 2.43. The average molecular weight is 632 g/mol. The maximum absolute atomic E-state index is 14.2. The maximum atomic E-state index is 14.2. The molecule has 2 atom stereocenters. The number of nitrogens with zero attached hydrogens (tertiary/aromatic N) is 4. The summed E-state index contributed by atoms with van der Waals surface area (Å²) in [7, 11) is 2.31. The lowest BCUT2D eigenvalue weighted by atomic mass is 9.92. The van der Waals surface area contributed by atoms with Gasteiger partial charge in [-0.25, -0.2) is 9.78 Å². The molecule has 0 saturated heterocycles. The Morgan fingerprint density at radius 1 is 1.16 bits per heavy atom. The highest BCUT2D eigenvalue weighted by Gasteiger charge is 2.64. The molecule has 4 aromatic rings. The van der Waals surface area contributed by atoms with Gasteiger partial charge < -0.3 is 29.6 Å². The van der Waals surface area contributed by atoms with Crippen molar-refractivity contribution in [3.8, 4) is 17.6 Å². The number of nitrogen functional groups attached to an aromatic ring is 1. The molecular weight excluding hydrogens is 603 g/mol. The smallest absolute Gasteiger partial charge is 0.432 e. The molecule has 0 aliphatic carbocycles. The van der Waals surface area contributed by atoms with E-state index in [0.29, 0.717) is 22.5 Å². The number of esters is 1. The van der Waals surface area contributed by atoms with Gasteiger partial charge in [-0.15, -0.1) is 0 Å².